The number of benzene rings is 2. The van der Waals surface area contributed by atoms with Gasteiger partial charge in [-0.3, -0.25) is 0 Å². The van der Waals surface area contributed by atoms with Crippen molar-refractivity contribution in [3.8, 4) is 11.5 Å². The maximum absolute atomic E-state index is 11.3. The predicted molar refractivity (Wildman–Crippen MR) is 99.9 cm³/mol. The van der Waals surface area contributed by atoms with Gasteiger partial charge in [0, 0.05) is 0 Å². The van der Waals surface area contributed by atoms with Gasteiger partial charge in [-0.1, -0.05) is 60.0 Å². The Balaban J connectivity index is 0.000000281. The summed E-state index contributed by atoms with van der Waals surface area (Å²) in [6, 6.07) is 15.3. The van der Waals surface area contributed by atoms with Gasteiger partial charge in [-0.05, 0) is 22.9 Å². The van der Waals surface area contributed by atoms with Crippen molar-refractivity contribution in [2.75, 3.05) is 0 Å². The van der Waals surface area contributed by atoms with Crippen LogP contribution in [0.5, 0.6) is 11.5 Å². The molecule has 2 aromatic heterocycles. The standard InChI is InChI=1S/2C10H7NO3.H2O.Zn/c2*12-8-3-1-2-6-4-5-7(10(13)14)11-9(6)8;;/h2*1-5,12H,(H,13,14);1H2;/q;;;+2/p-2. The van der Waals surface area contributed by atoms with Crippen molar-refractivity contribution in [1.29, 1.82) is 0 Å². The van der Waals surface area contributed by atoms with Gasteiger partial charge < -0.3 is 25.9 Å². The molecule has 2 aromatic carbocycles. The van der Waals surface area contributed by atoms with Crippen LogP contribution in [0.2, 0.25) is 0 Å². The normalized spacial score (nSPS) is 9.60. The number of para-hydroxylation sites is 2. The summed E-state index contributed by atoms with van der Waals surface area (Å²) in [4.78, 5) is 28.7. The zero-order valence-electron chi connectivity index (χ0n) is 15.4. The molecule has 148 valence electrons. The molecule has 10 heteroatoms. The third kappa shape index (κ3) is 5.25. The van der Waals surface area contributed by atoms with E-state index in [4.69, 9.17) is 10.2 Å². The average Bonchev–Trinajstić information content (AvgIpc) is 2.68. The van der Waals surface area contributed by atoms with E-state index in [9.17, 15) is 19.8 Å². The summed E-state index contributed by atoms with van der Waals surface area (Å²) >= 11 is 0. The first-order valence-electron chi connectivity index (χ1n) is 7.97. The van der Waals surface area contributed by atoms with Crippen molar-refractivity contribution in [2.24, 2.45) is 0 Å². The van der Waals surface area contributed by atoms with Crippen molar-refractivity contribution in [3.05, 3.63) is 72.1 Å². The van der Waals surface area contributed by atoms with Crippen LogP contribution in [0.4, 0.5) is 0 Å². The Kier molecular flexibility index (Phi) is 8.34. The molecule has 0 amide bonds. The van der Waals surface area contributed by atoms with Crippen molar-refractivity contribution in [3.63, 3.8) is 0 Å². The molecule has 30 heavy (non-hydrogen) atoms. The second kappa shape index (κ2) is 10.2. The van der Waals surface area contributed by atoms with E-state index in [2.05, 4.69) is 9.97 Å². The molecule has 9 nitrogen and oxygen atoms in total. The van der Waals surface area contributed by atoms with E-state index in [0.29, 0.717) is 10.8 Å². The molecule has 4 N–H and O–H groups in total. The van der Waals surface area contributed by atoms with Crippen LogP contribution in [0.3, 0.4) is 0 Å². The summed E-state index contributed by atoms with van der Waals surface area (Å²) in [6.07, 6.45) is 0. The smallest absolute Gasteiger partial charge is 0.871 e. The van der Waals surface area contributed by atoms with Crippen LogP contribution in [-0.2, 0) is 19.5 Å². The maximum atomic E-state index is 11.3. The van der Waals surface area contributed by atoms with E-state index in [1.165, 1.54) is 24.3 Å². The second-order valence-corrected chi connectivity index (χ2v) is 5.66. The molecule has 0 aliphatic carbocycles. The van der Waals surface area contributed by atoms with Crippen molar-refractivity contribution < 1.29 is 55.0 Å². The van der Waals surface area contributed by atoms with E-state index in [1.54, 1.807) is 36.4 Å². The Morgan fingerprint density at radius 1 is 0.667 bits per heavy atom. The number of rotatable bonds is 2. The largest absolute Gasteiger partial charge is 2.00 e. The van der Waals surface area contributed by atoms with Crippen LogP contribution in [-0.4, -0.2) is 37.6 Å². The van der Waals surface area contributed by atoms with Crippen molar-refractivity contribution >= 4 is 33.7 Å². The van der Waals surface area contributed by atoms with Gasteiger partial charge in [0.1, 0.15) is 11.4 Å². The summed E-state index contributed by atoms with van der Waals surface area (Å²) in [7, 11) is 0. The molecule has 0 fully saturated rings. The number of carboxylic acid groups (broad SMARTS) is 2. The first-order valence-corrected chi connectivity index (χ1v) is 7.97. The maximum Gasteiger partial charge on any atom is 2.00 e. The molecular weight excluding hydrogens is 446 g/mol. The minimum atomic E-state index is -1.13. The van der Waals surface area contributed by atoms with Crippen LogP contribution in [0, 0.1) is 0 Å². The fraction of sp³-hybridized carbons (Fsp3) is 0. The zero-order valence-corrected chi connectivity index (χ0v) is 18.4. The molecule has 2 heterocycles. The van der Waals surface area contributed by atoms with Gasteiger partial charge in [0.25, 0.3) is 0 Å². The quantitative estimate of drug-likeness (QED) is 0.419. The van der Waals surface area contributed by atoms with Gasteiger partial charge in [-0.25, -0.2) is 19.6 Å². The van der Waals surface area contributed by atoms with E-state index in [0.717, 1.165) is 0 Å². The minimum Gasteiger partial charge on any atom is -0.871 e. The van der Waals surface area contributed by atoms with Crippen LogP contribution in [0.1, 0.15) is 21.0 Å². The molecule has 0 bridgehead atoms. The molecule has 0 unspecified atom stereocenters. The summed E-state index contributed by atoms with van der Waals surface area (Å²) in [5.74, 6) is -2.78. The molecule has 0 aliphatic heterocycles. The van der Waals surface area contributed by atoms with E-state index in [1.807, 2.05) is 0 Å². The number of carboxylic acids is 2. The van der Waals surface area contributed by atoms with Crippen LogP contribution < -0.4 is 10.2 Å². The molecule has 0 spiro atoms. The van der Waals surface area contributed by atoms with Crippen molar-refractivity contribution in [2.45, 2.75) is 0 Å². The van der Waals surface area contributed by atoms with Gasteiger partial charge in [0.15, 0.2) is 0 Å². The Hall–Kier alpha value is -3.62. The number of aromatic nitrogens is 2. The average molecular weight is 460 g/mol. The SMILES string of the molecule is O.O=C(O)c1ccc2cccc([O-])c2n1.O=C(O)c1ccc2cccc([O-])c2n1.[Zn+2]. The number of hydrogen-bond acceptors (Lipinski definition) is 6. The number of aromatic carboxylic acids is 2. The first-order chi connectivity index (χ1) is 13.4. The Morgan fingerprint density at radius 2 is 1.03 bits per heavy atom. The molecule has 0 saturated carbocycles. The topological polar surface area (TPSA) is 178 Å². The van der Waals surface area contributed by atoms with Crippen LogP contribution in [0.25, 0.3) is 21.8 Å². The summed E-state index contributed by atoms with van der Waals surface area (Å²) in [6.45, 7) is 0. The predicted octanol–water partition coefficient (Wildman–Crippen LogP) is 1.19. The third-order valence-electron chi connectivity index (χ3n) is 3.80. The van der Waals surface area contributed by atoms with E-state index < -0.39 is 11.9 Å². The number of nitrogens with zero attached hydrogens (tertiary/aromatic N) is 2. The molecule has 0 radical (unpaired) electrons. The molecule has 0 atom stereocenters. The molecular formula is C20H14N2O7Zn. The summed E-state index contributed by atoms with van der Waals surface area (Å²) < 4.78 is 0. The number of hydrogen-bond donors (Lipinski definition) is 2. The van der Waals surface area contributed by atoms with Gasteiger partial charge in [0.05, 0.1) is 11.0 Å². The van der Waals surface area contributed by atoms with E-state index in [-0.39, 0.29) is 58.9 Å². The van der Waals surface area contributed by atoms with Crippen LogP contribution in [0.15, 0.2) is 60.7 Å². The molecule has 0 saturated heterocycles. The van der Waals surface area contributed by atoms with Crippen LogP contribution >= 0.6 is 0 Å². The zero-order chi connectivity index (χ0) is 20.3. The minimum absolute atomic E-state index is 0. The Morgan fingerprint density at radius 3 is 1.37 bits per heavy atom. The Bertz CT molecular complexity index is 1120. The fourth-order valence-corrected chi connectivity index (χ4v) is 2.48. The number of fused-ring (bicyclic) bond motifs is 2. The van der Waals surface area contributed by atoms with E-state index >= 15 is 0 Å². The molecule has 4 rings (SSSR count). The molecule has 0 aliphatic rings. The van der Waals surface area contributed by atoms with Gasteiger partial charge in [0.2, 0.25) is 0 Å². The number of pyridine rings is 2. The van der Waals surface area contributed by atoms with Gasteiger partial charge in [-0.2, -0.15) is 0 Å². The van der Waals surface area contributed by atoms with Gasteiger partial charge >= 0.3 is 31.4 Å². The molecule has 4 aromatic rings. The summed E-state index contributed by atoms with van der Waals surface area (Å²) in [5, 5.41) is 41.2. The number of carbonyl (C=O) groups is 2. The first kappa shape index (κ1) is 24.4. The third-order valence-corrected chi connectivity index (χ3v) is 3.80. The van der Waals surface area contributed by atoms with Crippen molar-refractivity contribution in [1.82, 2.24) is 9.97 Å². The Labute approximate surface area is 182 Å². The fourth-order valence-electron chi connectivity index (χ4n) is 2.48. The monoisotopic (exact) mass is 458 g/mol. The summed E-state index contributed by atoms with van der Waals surface area (Å²) in [5.41, 5.74) is 0.182. The van der Waals surface area contributed by atoms with Gasteiger partial charge in [-0.15, -0.1) is 0 Å². The second-order valence-electron chi connectivity index (χ2n) is 5.66.